The van der Waals surface area contributed by atoms with Gasteiger partial charge in [0.25, 0.3) is 0 Å². The van der Waals surface area contributed by atoms with E-state index in [0.717, 1.165) is 48.5 Å². The van der Waals surface area contributed by atoms with Gasteiger partial charge in [-0.1, -0.05) is 33.3 Å². The van der Waals surface area contributed by atoms with Crippen molar-refractivity contribution in [3.8, 4) is 5.75 Å². The highest BCUT2D eigenvalue weighted by atomic mass is 16.5. The molecule has 2 rings (SSSR count). The summed E-state index contributed by atoms with van der Waals surface area (Å²) in [6.45, 7) is 9.40. The lowest BCUT2D eigenvalue weighted by molar-refractivity contribution is 0.291. The van der Waals surface area contributed by atoms with Crippen LogP contribution in [0.15, 0.2) is 18.2 Å². The maximum Gasteiger partial charge on any atom is 0.130 e. The molecule has 1 aromatic heterocycles. The van der Waals surface area contributed by atoms with E-state index >= 15 is 0 Å². The summed E-state index contributed by atoms with van der Waals surface area (Å²) in [5.74, 6) is 1.61. The SMILES string of the molecule is CCCCN(C)Cc1[nH]nc2cccc(OCCC(C)C)c12. The molecule has 0 fully saturated rings. The second-order valence-corrected chi connectivity index (χ2v) is 6.47. The highest BCUT2D eigenvalue weighted by Gasteiger charge is 2.13. The van der Waals surface area contributed by atoms with Crippen LogP contribution in [0.3, 0.4) is 0 Å². The van der Waals surface area contributed by atoms with Gasteiger partial charge in [-0.2, -0.15) is 5.10 Å². The first-order valence-corrected chi connectivity index (χ1v) is 8.39. The molecule has 122 valence electrons. The van der Waals surface area contributed by atoms with Crippen LogP contribution in [0, 0.1) is 5.92 Å². The van der Waals surface area contributed by atoms with Gasteiger partial charge in [-0.15, -0.1) is 0 Å². The maximum absolute atomic E-state index is 6.01. The summed E-state index contributed by atoms with van der Waals surface area (Å²) in [6.07, 6.45) is 3.51. The monoisotopic (exact) mass is 303 g/mol. The summed E-state index contributed by atoms with van der Waals surface area (Å²) in [7, 11) is 2.16. The zero-order valence-corrected chi connectivity index (χ0v) is 14.4. The lowest BCUT2D eigenvalue weighted by atomic mass is 10.1. The Bertz CT molecular complexity index is 577. The number of aromatic nitrogens is 2. The van der Waals surface area contributed by atoms with Crippen LogP contribution in [0.4, 0.5) is 0 Å². The number of nitrogens with one attached hydrogen (secondary N) is 1. The molecule has 0 spiro atoms. The number of benzene rings is 1. The number of ether oxygens (including phenoxy) is 1. The van der Waals surface area contributed by atoms with Crippen LogP contribution in [0.25, 0.3) is 10.9 Å². The quantitative estimate of drug-likeness (QED) is 0.754. The van der Waals surface area contributed by atoms with E-state index < -0.39 is 0 Å². The number of nitrogens with zero attached hydrogens (tertiary/aromatic N) is 2. The van der Waals surface area contributed by atoms with Gasteiger partial charge >= 0.3 is 0 Å². The van der Waals surface area contributed by atoms with Gasteiger partial charge in [0.15, 0.2) is 0 Å². The fourth-order valence-electron chi connectivity index (χ4n) is 2.52. The first kappa shape index (κ1) is 16.8. The Hall–Kier alpha value is -1.55. The Morgan fingerprint density at radius 1 is 1.32 bits per heavy atom. The molecule has 0 aliphatic rings. The second kappa shape index (κ2) is 8.18. The van der Waals surface area contributed by atoms with Crippen LogP contribution >= 0.6 is 0 Å². The first-order chi connectivity index (χ1) is 10.6. The molecule has 0 atom stereocenters. The fourth-order valence-corrected chi connectivity index (χ4v) is 2.52. The minimum absolute atomic E-state index is 0.656. The summed E-state index contributed by atoms with van der Waals surface area (Å²) in [6, 6.07) is 6.10. The predicted octanol–water partition coefficient (Wildman–Crippen LogP) is 4.22. The standard InChI is InChI=1S/C18H29N3O/c1-5-6-11-21(4)13-16-18-15(19-20-16)8-7-9-17(18)22-12-10-14(2)3/h7-9,14H,5-6,10-13H2,1-4H3,(H,19,20). The normalized spacial score (nSPS) is 11.7. The average Bonchev–Trinajstić information content (AvgIpc) is 2.89. The zero-order chi connectivity index (χ0) is 15.9. The van der Waals surface area contributed by atoms with Crippen LogP contribution in [-0.2, 0) is 6.54 Å². The Kier molecular flexibility index (Phi) is 6.25. The van der Waals surface area contributed by atoms with E-state index in [2.05, 4.69) is 42.9 Å². The molecular weight excluding hydrogens is 274 g/mol. The molecule has 0 bridgehead atoms. The smallest absolute Gasteiger partial charge is 0.130 e. The number of unbranched alkanes of at least 4 members (excludes halogenated alkanes) is 1. The number of H-pyrrole nitrogens is 1. The van der Waals surface area contributed by atoms with Crippen LogP contribution in [0.1, 0.15) is 45.7 Å². The molecule has 0 saturated heterocycles. The van der Waals surface area contributed by atoms with Crippen molar-refractivity contribution in [2.24, 2.45) is 5.92 Å². The van der Waals surface area contributed by atoms with Crippen molar-refractivity contribution >= 4 is 10.9 Å². The molecular formula is C18H29N3O. The maximum atomic E-state index is 6.01. The number of hydrogen-bond acceptors (Lipinski definition) is 3. The van der Waals surface area contributed by atoms with Gasteiger partial charge in [0.2, 0.25) is 0 Å². The van der Waals surface area contributed by atoms with E-state index in [4.69, 9.17) is 4.74 Å². The van der Waals surface area contributed by atoms with Gasteiger partial charge in [-0.25, -0.2) is 0 Å². The lowest BCUT2D eigenvalue weighted by Crippen LogP contribution is -2.19. The summed E-state index contributed by atoms with van der Waals surface area (Å²) in [4.78, 5) is 2.33. The van der Waals surface area contributed by atoms with Crippen LogP contribution < -0.4 is 4.74 Å². The van der Waals surface area contributed by atoms with Gasteiger partial charge in [0.1, 0.15) is 5.75 Å². The molecule has 1 N–H and O–H groups in total. The Balaban J connectivity index is 2.13. The lowest BCUT2D eigenvalue weighted by Gasteiger charge is -2.16. The van der Waals surface area contributed by atoms with E-state index in [1.54, 1.807) is 0 Å². The first-order valence-electron chi connectivity index (χ1n) is 8.39. The molecule has 0 radical (unpaired) electrons. The van der Waals surface area contributed by atoms with E-state index in [-0.39, 0.29) is 0 Å². The molecule has 1 aromatic carbocycles. The average molecular weight is 303 g/mol. The van der Waals surface area contributed by atoms with E-state index in [1.165, 1.54) is 12.8 Å². The Morgan fingerprint density at radius 3 is 2.86 bits per heavy atom. The van der Waals surface area contributed by atoms with Crippen LogP contribution in [-0.4, -0.2) is 35.3 Å². The molecule has 4 heteroatoms. The minimum atomic E-state index is 0.656. The van der Waals surface area contributed by atoms with E-state index in [9.17, 15) is 0 Å². The van der Waals surface area contributed by atoms with Crippen molar-refractivity contribution in [3.63, 3.8) is 0 Å². The van der Waals surface area contributed by atoms with Gasteiger partial charge in [0, 0.05) is 6.54 Å². The van der Waals surface area contributed by atoms with E-state index in [1.807, 2.05) is 18.2 Å². The molecule has 0 amide bonds. The second-order valence-electron chi connectivity index (χ2n) is 6.47. The third-order valence-electron chi connectivity index (χ3n) is 3.89. The Labute approximate surface area is 133 Å². The van der Waals surface area contributed by atoms with Gasteiger partial charge in [-0.3, -0.25) is 5.10 Å². The van der Waals surface area contributed by atoms with Crippen molar-refractivity contribution in [1.82, 2.24) is 15.1 Å². The molecule has 0 unspecified atom stereocenters. The third kappa shape index (κ3) is 4.47. The Morgan fingerprint density at radius 2 is 2.14 bits per heavy atom. The highest BCUT2D eigenvalue weighted by molar-refractivity contribution is 5.87. The number of hydrogen-bond donors (Lipinski definition) is 1. The van der Waals surface area contributed by atoms with Crippen molar-refractivity contribution in [3.05, 3.63) is 23.9 Å². The van der Waals surface area contributed by atoms with Crippen LogP contribution in [0.5, 0.6) is 5.75 Å². The van der Waals surface area contributed by atoms with Gasteiger partial charge < -0.3 is 9.64 Å². The molecule has 0 aliphatic heterocycles. The van der Waals surface area contributed by atoms with Gasteiger partial charge in [0.05, 0.1) is 23.2 Å². The van der Waals surface area contributed by atoms with Crippen molar-refractivity contribution in [2.45, 2.75) is 46.6 Å². The molecule has 1 heterocycles. The van der Waals surface area contributed by atoms with E-state index in [0.29, 0.717) is 5.92 Å². The summed E-state index contributed by atoms with van der Waals surface area (Å²) < 4.78 is 6.01. The summed E-state index contributed by atoms with van der Waals surface area (Å²) in [5.41, 5.74) is 2.13. The summed E-state index contributed by atoms with van der Waals surface area (Å²) in [5, 5.41) is 8.75. The number of aromatic amines is 1. The topological polar surface area (TPSA) is 41.2 Å². The summed E-state index contributed by atoms with van der Waals surface area (Å²) >= 11 is 0. The molecule has 0 aliphatic carbocycles. The predicted molar refractivity (Wildman–Crippen MR) is 92.3 cm³/mol. The zero-order valence-electron chi connectivity index (χ0n) is 14.4. The molecule has 2 aromatic rings. The minimum Gasteiger partial charge on any atom is -0.493 e. The van der Waals surface area contributed by atoms with Crippen molar-refractivity contribution < 1.29 is 4.74 Å². The van der Waals surface area contributed by atoms with Gasteiger partial charge in [-0.05, 0) is 44.5 Å². The van der Waals surface area contributed by atoms with Crippen molar-refractivity contribution in [1.29, 1.82) is 0 Å². The number of rotatable bonds is 9. The molecule has 0 saturated carbocycles. The number of fused-ring (bicyclic) bond motifs is 1. The molecule has 22 heavy (non-hydrogen) atoms. The highest BCUT2D eigenvalue weighted by Crippen LogP contribution is 2.28. The third-order valence-corrected chi connectivity index (χ3v) is 3.89. The molecule has 4 nitrogen and oxygen atoms in total. The largest absolute Gasteiger partial charge is 0.493 e. The van der Waals surface area contributed by atoms with Crippen molar-refractivity contribution in [2.75, 3.05) is 20.2 Å². The fraction of sp³-hybridized carbons (Fsp3) is 0.611. The van der Waals surface area contributed by atoms with Crippen LogP contribution in [0.2, 0.25) is 0 Å².